The number of hydrogen-bond donors (Lipinski definition) is 2. The number of imidazole rings is 1. The van der Waals surface area contributed by atoms with Crippen LogP contribution >= 0.6 is 24.0 Å². The zero-order chi connectivity index (χ0) is 20.2. The Morgan fingerprint density at radius 1 is 1.30 bits per heavy atom. The Bertz CT molecular complexity index is 1010. The highest BCUT2D eigenvalue weighted by molar-refractivity contribution is 14.0. The molecule has 0 radical (unpaired) electrons. The van der Waals surface area contributed by atoms with Crippen molar-refractivity contribution in [2.75, 3.05) is 13.7 Å². The lowest BCUT2D eigenvalue weighted by Crippen LogP contribution is -2.47. The standard InChI is InChI=1S/C20H28N8O.HI/c1-4-21-20(22-11-19-24-15-7-5-6-8-16(15)27(19)2)23-14-9-10-18-25-17(13-29-3)26-28(18)12-14;/h5-8,14H,4,9-13H2,1-3H3,(H2,21,22,23);1H. The van der Waals surface area contributed by atoms with E-state index in [4.69, 9.17) is 14.7 Å². The number of aryl methyl sites for hydroxylation is 2. The number of halogens is 1. The van der Waals surface area contributed by atoms with Gasteiger partial charge in [-0.3, -0.25) is 0 Å². The highest BCUT2D eigenvalue weighted by Crippen LogP contribution is 2.15. The minimum atomic E-state index is 0. The fourth-order valence-electron chi connectivity index (χ4n) is 3.67. The van der Waals surface area contributed by atoms with E-state index in [0.717, 1.165) is 60.4 Å². The number of nitrogens with one attached hydrogen (secondary N) is 2. The van der Waals surface area contributed by atoms with Gasteiger partial charge < -0.3 is 19.9 Å². The second kappa shape index (κ2) is 10.2. The summed E-state index contributed by atoms with van der Waals surface area (Å²) in [5.74, 6) is 3.50. The van der Waals surface area contributed by atoms with E-state index in [1.165, 1.54) is 0 Å². The van der Waals surface area contributed by atoms with Crippen molar-refractivity contribution in [2.45, 2.75) is 45.5 Å². The largest absolute Gasteiger partial charge is 0.377 e. The molecule has 2 aromatic heterocycles. The van der Waals surface area contributed by atoms with Crippen molar-refractivity contribution in [1.82, 2.24) is 34.9 Å². The summed E-state index contributed by atoms with van der Waals surface area (Å²) >= 11 is 0. The normalized spacial score (nSPS) is 16.2. The molecule has 3 heterocycles. The fourth-order valence-corrected chi connectivity index (χ4v) is 3.67. The van der Waals surface area contributed by atoms with Crippen LogP contribution in [0.15, 0.2) is 29.3 Å². The van der Waals surface area contributed by atoms with Gasteiger partial charge in [0.05, 0.1) is 17.6 Å². The number of guanidine groups is 1. The zero-order valence-electron chi connectivity index (χ0n) is 17.6. The molecule has 10 heteroatoms. The van der Waals surface area contributed by atoms with E-state index in [9.17, 15) is 0 Å². The van der Waals surface area contributed by atoms with Crippen LogP contribution in [-0.2, 0) is 37.9 Å². The third-order valence-electron chi connectivity index (χ3n) is 5.12. The van der Waals surface area contributed by atoms with Crippen molar-refractivity contribution in [3.8, 4) is 0 Å². The number of rotatable bonds is 6. The number of aromatic nitrogens is 5. The predicted octanol–water partition coefficient (Wildman–Crippen LogP) is 2.00. The highest BCUT2D eigenvalue weighted by Gasteiger charge is 2.22. The SMILES string of the molecule is CCNC(=NCc1nc2ccccc2n1C)NC1CCc2nc(COC)nn2C1.I. The summed E-state index contributed by atoms with van der Waals surface area (Å²) in [6.07, 6.45) is 1.88. The average molecular weight is 524 g/mol. The molecular weight excluding hydrogens is 495 g/mol. The molecule has 9 nitrogen and oxygen atoms in total. The number of benzene rings is 1. The quantitative estimate of drug-likeness (QED) is 0.291. The molecule has 4 rings (SSSR count). The van der Waals surface area contributed by atoms with Crippen LogP contribution in [0.4, 0.5) is 0 Å². The Labute approximate surface area is 193 Å². The van der Waals surface area contributed by atoms with Crippen molar-refractivity contribution in [1.29, 1.82) is 0 Å². The lowest BCUT2D eigenvalue weighted by atomic mass is 10.1. The van der Waals surface area contributed by atoms with E-state index in [-0.39, 0.29) is 30.0 Å². The van der Waals surface area contributed by atoms with Crippen LogP contribution < -0.4 is 10.6 Å². The Kier molecular flexibility index (Phi) is 7.64. The van der Waals surface area contributed by atoms with Crippen molar-refractivity contribution in [3.63, 3.8) is 0 Å². The van der Waals surface area contributed by atoms with Crippen LogP contribution in [-0.4, -0.2) is 50.0 Å². The first-order valence-electron chi connectivity index (χ1n) is 10.0. The van der Waals surface area contributed by atoms with Crippen molar-refractivity contribution >= 4 is 41.0 Å². The Morgan fingerprint density at radius 3 is 2.90 bits per heavy atom. The van der Waals surface area contributed by atoms with E-state index < -0.39 is 0 Å². The predicted molar refractivity (Wildman–Crippen MR) is 127 cm³/mol. The third-order valence-corrected chi connectivity index (χ3v) is 5.12. The molecule has 0 bridgehead atoms. The Morgan fingerprint density at radius 2 is 2.13 bits per heavy atom. The van der Waals surface area contributed by atoms with Gasteiger partial charge in [0.25, 0.3) is 0 Å². The summed E-state index contributed by atoms with van der Waals surface area (Å²) in [7, 11) is 3.69. The third kappa shape index (κ3) is 4.91. The highest BCUT2D eigenvalue weighted by atomic mass is 127. The molecule has 1 aromatic carbocycles. The van der Waals surface area contributed by atoms with Crippen LogP contribution in [0.5, 0.6) is 0 Å². The van der Waals surface area contributed by atoms with E-state index >= 15 is 0 Å². The number of hydrogen-bond acceptors (Lipinski definition) is 5. The second-order valence-electron chi connectivity index (χ2n) is 7.21. The molecule has 1 aliphatic heterocycles. The van der Waals surface area contributed by atoms with E-state index in [1.807, 2.05) is 29.9 Å². The van der Waals surface area contributed by atoms with Gasteiger partial charge in [-0.2, -0.15) is 5.10 Å². The first-order valence-corrected chi connectivity index (χ1v) is 10.0. The molecule has 162 valence electrons. The number of aliphatic imine (C=N–C) groups is 1. The maximum Gasteiger partial charge on any atom is 0.191 e. The first-order chi connectivity index (χ1) is 14.2. The second-order valence-corrected chi connectivity index (χ2v) is 7.21. The van der Waals surface area contributed by atoms with Crippen molar-refractivity contribution in [2.24, 2.45) is 12.0 Å². The van der Waals surface area contributed by atoms with Crippen molar-refractivity contribution < 1.29 is 4.74 Å². The molecule has 0 fully saturated rings. The van der Waals surface area contributed by atoms with Gasteiger partial charge in [-0.1, -0.05) is 12.1 Å². The van der Waals surface area contributed by atoms with Gasteiger partial charge >= 0.3 is 0 Å². The summed E-state index contributed by atoms with van der Waals surface area (Å²) in [4.78, 5) is 14.0. The number of nitrogens with zero attached hydrogens (tertiary/aromatic N) is 6. The summed E-state index contributed by atoms with van der Waals surface area (Å²) < 4.78 is 9.22. The van der Waals surface area contributed by atoms with Gasteiger partial charge in [0.2, 0.25) is 0 Å². The molecule has 30 heavy (non-hydrogen) atoms. The fraction of sp³-hybridized carbons (Fsp3) is 0.500. The topological polar surface area (TPSA) is 94.2 Å². The van der Waals surface area contributed by atoms with Gasteiger partial charge in [-0.25, -0.2) is 19.6 Å². The summed E-state index contributed by atoms with van der Waals surface area (Å²) in [6, 6.07) is 8.39. The monoisotopic (exact) mass is 524 g/mol. The molecule has 0 amide bonds. The molecule has 0 saturated carbocycles. The van der Waals surface area contributed by atoms with E-state index in [0.29, 0.717) is 13.2 Å². The molecule has 2 N–H and O–H groups in total. The summed E-state index contributed by atoms with van der Waals surface area (Å²) in [6.45, 7) is 4.59. The molecule has 1 atom stereocenters. The van der Waals surface area contributed by atoms with Gasteiger partial charge in [0.1, 0.15) is 24.8 Å². The van der Waals surface area contributed by atoms with Crippen LogP contribution in [0.1, 0.15) is 30.8 Å². The lowest BCUT2D eigenvalue weighted by molar-refractivity contribution is 0.177. The Hall–Kier alpha value is -2.21. The summed E-state index contributed by atoms with van der Waals surface area (Å²) in [5, 5.41) is 11.4. The smallest absolute Gasteiger partial charge is 0.191 e. The molecule has 3 aromatic rings. The zero-order valence-corrected chi connectivity index (χ0v) is 20.0. The van der Waals surface area contributed by atoms with Gasteiger partial charge in [0.15, 0.2) is 11.8 Å². The van der Waals surface area contributed by atoms with Gasteiger partial charge in [-0.15, -0.1) is 24.0 Å². The van der Waals surface area contributed by atoms with E-state index in [1.54, 1.807) is 7.11 Å². The van der Waals surface area contributed by atoms with E-state index in [2.05, 4.69) is 38.3 Å². The van der Waals surface area contributed by atoms with Crippen LogP contribution in [0.3, 0.4) is 0 Å². The minimum Gasteiger partial charge on any atom is -0.377 e. The number of ether oxygens (including phenoxy) is 1. The number of methoxy groups -OCH3 is 1. The number of fused-ring (bicyclic) bond motifs is 2. The molecule has 1 aliphatic rings. The molecular formula is C20H29IN8O. The lowest BCUT2D eigenvalue weighted by Gasteiger charge is -2.25. The minimum absolute atomic E-state index is 0. The Balaban J connectivity index is 0.00000256. The maximum atomic E-state index is 5.14. The molecule has 0 spiro atoms. The van der Waals surface area contributed by atoms with Crippen LogP contribution in [0.25, 0.3) is 11.0 Å². The maximum absolute atomic E-state index is 5.14. The van der Waals surface area contributed by atoms with Crippen LogP contribution in [0, 0.1) is 0 Å². The van der Waals surface area contributed by atoms with Crippen LogP contribution in [0.2, 0.25) is 0 Å². The molecule has 1 unspecified atom stereocenters. The first kappa shape index (κ1) is 22.5. The van der Waals surface area contributed by atoms with Crippen molar-refractivity contribution in [3.05, 3.63) is 41.7 Å². The molecule has 0 saturated heterocycles. The number of para-hydroxylation sites is 2. The average Bonchev–Trinajstić information content (AvgIpc) is 3.27. The summed E-state index contributed by atoms with van der Waals surface area (Å²) in [5.41, 5.74) is 2.12. The molecule has 0 aliphatic carbocycles. The van der Waals surface area contributed by atoms with Gasteiger partial charge in [-0.05, 0) is 25.5 Å². The van der Waals surface area contributed by atoms with Gasteiger partial charge in [0, 0.05) is 33.2 Å².